The van der Waals surface area contributed by atoms with Gasteiger partial charge in [-0.15, -0.1) is 0 Å². The van der Waals surface area contributed by atoms with E-state index in [0.29, 0.717) is 17.2 Å². The van der Waals surface area contributed by atoms with E-state index < -0.39 is 5.97 Å². The lowest BCUT2D eigenvalue weighted by atomic mass is 9.83. The van der Waals surface area contributed by atoms with E-state index in [1.54, 1.807) is 6.92 Å². The summed E-state index contributed by atoms with van der Waals surface area (Å²) in [6, 6.07) is 7.65. The predicted octanol–water partition coefficient (Wildman–Crippen LogP) is 3.19. The van der Waals surface area contributed by atoms with Crippen LogP contribution in [0.5, 0.6) is 5.75 Å². The highest BCUT2D eigenvalue weighted by molar-refractivity contribution is 5.88. The molecule has 3 heteroatoms. The van der Waals surface area contributed by atoms with Crippen molar-refractivity contribution in [1.29, 1.82) is 0 Å². The Balaban J connectivity index is 1.98. The molecule has 102 valence electrons. The molecule has 0 unspecified atom stereocenters. The van der Waals surface area contributed by atoms with Crippen LogP contribution < -0.4 is 4.74 Å². The van der Waals surface area contributed by atoms with Crippen molar-refractivity contribution in [3.63, 3.8) is 0 Å². The van der Waals surface area contributed by atoms with Crippen molar-refractivity contribution in [1.82, 2.24) is 0 Å². The Bertz CT molecular complexity index is 453. The molecule has 0 aromatic heterocycles. The van der Waals surface area contributed by atoms with Crippen molar-refractivity contribution in [2.24, 2.45) is 0 Å². The van der Waals surface area contributed by atoms with Crippen molar-refractivity contribution in [2.45, 2.75) is 44.6 Å². The number of carbonyl (C=O) groups is 1. The van der Waals surface area contributed by atoms with Crippen LogP contribution in [0.4, 0.5) is 0 Å². The van der Waals surface area contributed by atoms with Crippen LogP contribution >= 0.6 is 0 Å². The molecule has 2 rings (SSSR count). The summed E-state index contributed by atoms with van der Waals surface area (Å²) in [4.78, 5) is 11.4. The van der Waals surface area contributed by atoms with Gasteiger partial charge in [0, 0.05) is 5.57 Å². The summed E-state index contributed by atoms with van der Waals surface area (Å²) in [5.41, 5.74) is 1.65. The molecular formula is C16H20O3. The summed E-state index contributed by atoms with van der Waals surface area (Å²) in [7, 11) is 0. The van der Waals surface area contributed by atoms with Gasteiger partial charge in [0.05, 0.1) is 6.10 Å². The maximum absolute atomic E-state index is 11.4. The first-order valence-corrected chi connectivity index (χ1v) is 6.72. The minimum Gasteiger partial charge on any atom is -0.423 e. The zero-order chi connectivity index (χ0) is 13.8. The molecule has 1 aromatic rings. The quantitative estimate of drug-likeness (QED) is 0.516. The number of rotatable bonds is 3. The lowest BCUT2D eigenvalue weighted by Gasteiger charge is -2.25. The van der Waals surface area contributed by atoms with E-state index in [-0.39, 0.29) is 6.10 Å². The van der Waals surface area contributed by atoms with Crippen LogP contribution in [0.25, 0.3) is 0 Å². The van der Waals surface area contributed by atoms with E-state index in [2.05, 4.69) is 6.58 Å². The molecule has 0 amide bonds. The third-order valence-electron chi connectivity index (χ3n) is 3.61. The number of benzene rings is 1. The SMILES string of the molecule is C=C(C)C(=O)Oc1ccc(C2CCC(O)CC2)cc1. The molecule has 1 fully saturated rings. The molecule has 19 heavy (non-hydrogen) atoms. The van der Waals surface area contributed by atoms with Crippen LogP contribution in [0.3, 0.4) is 0 Å². The number of aliphatic hydroxyl groups excluding tert-OH is 1. The van der Waals surface area contributed by atoms with Crippen molar-refractivity contribution < 1.29 is 14.6 Å². The Kier molecular flexibility index (Phi) is 4.38. The fourth-order valence-electron chi connectivity index (χ4n) is 2.41. The van der Waals surface area contributed by atoms with E-state index in [9.17, 15) is 9.90 Å². The predicted molar refractivity (Wildman–Crippen MR) is 74.1 cm³/mol. The summed E-state index contributed by atoms with van der Waals surface area (Å²) < 4.78 is 5.16. The zero-order valence-electron chi connectivity index (χ0n) is 11.3. The van der Waals surface area contributed by atoms with E-state index in [4.69, 9.17) is 4.74 Å². The van der Waals surface area contributed by atoms with Gasteiger partial charge in [0.25, 0.3) is 0 Å². The second-order valence-electron chi connectivity index (χ2n) is 5.24. The summed E-state index contributed by atoms with van der Waals surface area (Å²) in [5, 5.41) is 9.50. The highest BCUT2D eigenvalue weighted by Crippen LogP contribution is 2.33. The topological polar surface area (TPSA) is 46.5 Å². The van der Waals surface area contributed by atoms with Crippen LogP contribution in [0.2, 0.25) is 0 Å². The van der Waals surface area contributed by atoms with Crippen LogP contribution in [0.15, 0.2) is 36.4 Å². The molecule has 0 radical (unpaired) electrons. The third kappa shape index (κ3) is 3.67. The molecule has 1 saturated carbocycles. The van der Waals surface area contributed by atoms with E-state index in [1.165, 1.54) is 5.56 Å². The van der Waals surface area contributed by atoms with Gasteiger partial charge in [-0.25, -0.2) is 4.79 Å². The molecule has 0 spiro atoms. The van der Waals surface area contributed by atoms with Gasteiger partial charge in [-0.3, -0.25) is 0 Å². The number of hydrogen-bond acceptors (Lipinski definition) is 3. The molecule has 0 saturated heterocycles. The van der Waals surface area contributed by atoms with Gasteiger partial charge in [0.15, 0.2) is 0 Å². The first-order chi connectivity index (χ1) is 9.06. The summed E-state index contributed by atoms with van der Waals surface area (Å²) >= 11 is 0. The first kappa shape index (κ1) is 13.8. The molecule has 0 heterocycles. The minimum absolute atomic E-state index is 0.132. The summed E-state index contributed by atoms with van der Waals surface area (Å²) in [5.74, 6) is 0.662. The highest BCUT2D eigenvalue weighted by atomic mass is 16.5. The number of ether oxygens (including phenoxy) is 1. The zero-order valence-corrected chi connectivity index (χ0v) is 11.3. The Morgan fingerprint density at radius 3 is 2.32 bits per heavy atom. The molecule has 1 aliphatic rings. The summed E-state index contributed by atoms with van der Waals surface area (Å²) in [6.45, 7) is 5.18. The molecule has 0 bridgehead atoms. The van der Waals surface area contributed by atoms with Crippen LogP contribution in [-0.4, -0.2) is 17.2 Å². The van der Waals surface area contributed by atoms with Crippen LogP contribution in [0.1, 0.15) is 44.1 Å². The second-order valence-corrected chi connectivity index (χ2v) is 5.24. The van der Waals surface area contributed by atoms with Gasteiger partial charge in [-0.1, -0.05) is 18.7 Å². The average molecular weight is 260 g/mol. The molecular weight excluding hydrogens is 240 g/mol. The van der Waals surface area contributed by atoms with Gasteiger partial charge >= 0.3 is 5.97 Å². The van der Waals surface area contributed by atoms with Crippen LogP contribution in [-0.2, 0) is 4.79 Å². The maximum Gasteiger partial charge on any atom is 0.338 e. The molecule has 3 nitrogen and oxygen atoms in total. The molecule has 1 aliphatic carbocycles. The Morgan fingerprint density at radius 2 is 1.79 bits per heavy atom. The Labute approximate surface area is 113 Å². The van der Waals surface area contributed by atoms with Gasteiger partial charge in [-0.2, -0.15) is 0 Å². The largest absolute Gasteiger partial charge is 0.423 e. The number of esters is 1. The molecule has 0 aliphatic heterocycles. The van der Waals surface area contributed by atoms with E-state index >= 15 is 0 Å². The minimum atomic E-state index is -0.395. The normalized spacial score (nSPS) is 22.8. The van der Waals surface area contributed by atoms with Crippen molar-refractivity contribution >= 4 is 5.97 Å². The monoisotopic (exact) mass is 260 g/mol. The first-order valence-electron chi connectivity index (χ1n) is 6.72. The van der Waals surface area contributed by atoms with Crippen LogP contribution in [0, 0.1) is 0 Å². The van der Waals surface area contributed by atoms with E-state index in [0.717, 1.165) is 25.7 Å². The van der Waals surface area contributed by atoms with Gasteiger partial charge in [0.1, 0.15) is 5.75 Å². The summed E-state index contributed by atoms with van der Waals surface area (Å²) in [6.07, 6.45) is 3.65. The number of aliphatic hydroxyl groups is 1. The lowest BCUT2D eigenvalue weighted by molar-refractivity contribution is -0.130. The van der Waals surface area contributed by atoms with Crippen molar-refractivity contribution in [3.8, 4) is 5.75 Å². The highest BCUT2D eigenvalue weighted by Gasteiger charge is 2.20. The number of hydrogen-bond donors (Lipinski definition) is 1. The molecule has 0 atom stereocenters. The Morgan fingerprint density at radius 1 is 1.21 bits per heavy atom. The van der Waals surface area contributed by atoms with Gasteiger partial charge < -0.3 is 9.84 Å². The second kappa shape index (κ2) is 6.02. The van der Waals surface area contributed by atoms with Crippen molar-refractivity contribution in [3.05, 3.63) is 42.0 Å². The Hall–Kier alpha value is -1.61. The third-order valence-corrected chi connectivity index (χ3v) is 3.61. The number of carbonyl (C=O) groups excluding carboxylic acids is 1. The fourth-order valence-corrected chi connectivity index (χ4v) is 2.41. The average Bonchev–Trinajstić information content (AvgIpc) is 2.40. The van der Waals surface area contributed by atoms with Gasteiger partial charge in [-0.05, 0) is 56.2 Å². The molecule has 1 N–H and O–H groups in total. The van der Waals surface area contributed by atoms with E-state index in [1.807, 2.05) is 24.3 Å². The fraction of sp³-hybridized carbons (Fsp3) is 0.438. The molecule has 1 aromatic carbocycles. The smallest absolute Gasteiger partial charge is 0.338 e. The standard InChI is InChI=1S/C16H20O3/c1-11(2)16(18)19-15-9-5-13(6-10-15)12-3-7-14(17)8-4-12/h5-6,9-10,12,14,17H,1,3-4,7-8H2,2H3. The maximum atomic E-state index is 11.4. The van der Waals surface area contributed by atoms with Gasteiger partial charge in [0.2, 0.25) is 0 Å². The van der Waals surface area contributed by atoms with Crippen molar-refractivity contribution in [2.75, 3.05) is 0 Å². The lowest BCUT2D eigenvalue weighted by Crippen LogP contribution is -2.16.